The van der Waals surface area contributed by atoms with Crippen molar-refractivity contribution >= 4 is 46.9 Å². The molecule has 1 aliphatic carbocycles. The fourth-order valence-electron chi connectivity index (χ4n) is 4.31. The second-order valence-electron chi connectivity index (χ2n) is 8.53. The number of halogens is 1. The molecule has 0 saturated heterocycles. The lowest BCUT2D eigenvalue weighted by Gasteiger charge is -2.34. The molecule has 2 amide bonds. The minimum Gasteiger partial charge on any atom is -0.349 e. The molecule has 4 nitrogen and oxygen atoms in total. The molecule has 1 aliphatic heterocycles. The fourth-order valence-corrected chi connectivity index (χ4v) is 5.58. The summed E-state index contributed by atoms with van der Waals surface area (Å²) in [5, 5.41) is 3.83. The molecular formula is C25H27ClN2O2S. The number of anilines is 1. The molecule has 162 valence electrons. The third-order valence-corrected chi connectivity index (χ3v) is 7.95. The number of hydrogen-bond donors (Lipinski definition) is 1. The summed E-state index contributed by atoms with van der Waals surface area (Å²) < 4.78 is 0. The Kier molecular flexibility index (Phi) is 6.44. The number of nitrogens with one attached hydrogen (secondary N) is 1. The third kappa shape index (κ3) is 4.53. The van der Waals surface area contributed by atoms with Crippen LogP contribution in [0, 0.1) is 11.8 Å². The molecule has 3 unspecified atom stereocenters. The normalized spacial score (nSPS) is 24.8. The van der Waals surface area contributed by atoms with Crippen molar-refractivity contribution in [1.29, 1.82) is 0 Å². The highest BCUT2D eigenvalue weighted by Crippen LogP contribution is 2.42. The number of carbonyl (C=O) groups is 2. The van der Waals surface area contributed by atoms with Crippen molar-refractivity contribution in [3.05, 3.63) is 63.5 Å². The molecule has 1 heterocycles. The van der Waals surface area contributed by atoms with Gasteiger partial charge in [0.2, 0.25) is 0 Å². The van der Waals surface area contributed by atoms with Crippen LogP contribution in [0.15, 0.2) is 52.3 Å². The van der Waals surface area contributed by atoms with Gasteiger partial charge in [-0.05, 0) is 54.2 Å². The number of carbonyl (C=O) groups excluding carboxylic acids is 2. The Morgan fingerprint density at radius 1 is 1.19 bits per heavy atom. The third-order valence-electron chi connectivity index (χ3n) is 6.53. The minimum absolute atomic E-state index is 0.0722. The molecular weight excluding hydrogens is 428 g/mol. The number of benzene rings is 2. The first-order valence-electron chi connectivity index (χ1n) is 10.7. The second-order valence-corrected chi connectivity index (χ2v) is 10.0. The Morgan fingerprint density at radius 3 is 2.74 bits per heavy atom. The van der Waals surface area contributed by atoms with Gasteiger partial charge < -0.3 is 10.2 Å². The van der Waals surface area contributed by atoms with Crippen molar-refractivity contribution in [1.82, 2.24) is 5.32 Å². The van der Waals surface area contributed by atoms with E-state index in [1.54, 1.807) is 11.9 Å². The summed E-state index contributed by atoms with van der Waals surface area (Å²) in [6, 6.07) is 13.2. The SMILES string of the molecule is CC1CCCC(NC(=O)c2ccc3c(c2)N(C)C(=O)C(=Cc2ccccc2Cl)S3)C1C. The molecule has 6 heteroatoms. The second kappa shape index (κ2) is 9.09. The van der Waals surface area contributed by atoms with Gasteiger partial charge in [0.15, 0.2) is 0 Å². The van der Waals surface area contributed by atoms with E-state index in [0.717, 1.165) is 29.0 Å². The monoisotopic (exact) mass is 454 g/mol. The molecule has 0 aromatic heterocycles. The van der Waals surface area contributed by atoms with Crippen LogP contribution in [0.5, 0.6) is 0 Å². The summed E-state index contributed by atoms with van der Waals surface area (Å²) in [5.74, 6) is 0.903. The van der Waals surface area contributed by atoms with Gasteiger partial charge in [-0.2, -0.15) is 0 Å². The van der Waals surface area contributed by atoms with Crippen LogP contribution in [0.3, 0.4) is 0 Å². The maximum absolute atomic E-state index is 13.0. The Bertz CT molecular complexity index is 1050. The van der Waals surface area contributed by atoms with Gasteiger partial charge in [0.05, 0.1) is 10.6 Å². The first-order valence-corrected chi connectivity index (χ1v) is 11.9. The molecule has 0 bridgehead atoms. The molecule has 31 heavy (non-hydrogen) atoms. The van der Waals surface area contributed by atoms with Crippen molar-refractivity contribution in [2.24, 2.45) is 11.8 Å². The van der Waals surface area contributed by atoms with Crippen LogP contribution in [0.1, 0.15) is 49.0 Å². The van der Waals surface area contributed by atoms with Crippen molar-refractivity contribution in [2.45, 2.75) is 44.0 Å². The van der Waals surface area contributed by atoms with Crippen LogP contribution in [0.4, 0.5) is 5.69 Å². The predicted octanol–water partition coefficient (Wildman–Crippen LogP) is 6.00. The van der Waals surface area contributed by atoms with Crippen molar-refractivity contribution in [3.63, 3.8) is 0 Å². The lowest BCUT2D eigenvalue weighted by molar-refractivity contribution is -0.114. The molecule has 1 N–H and O–H groups in total. The zero-order valence-electron chi connectivity index (χ0n) is 18.0. The van der Waals surface area contributed by atoms with Crippen molar-refractivity contribution < 1.29 is 9.59 Å². The number of hydrogen-bond acceptors (Lipinski definition) is 3. The quantitative estimate of drug-likeness (QED) is 0.578. The molecule has 0 radical (unpaired) electrons. The van der Waals surface area contributed by atoms with Gasteiger partial charge in [0, 0.05) is 28.6 Å². The van der Waals surface area contributed by atoms with E-state index in [-0.39, 0.29) is 17.9 Å². The number of rotatable bonds is 3. The smallest absolute Gasteiger partial charge is 0.264 e. The number of fused-ring (bicyclic) bond motifs is 1. The summed E-state index contributed by atoms with van der Waals surface area (Å²) in [6.07, 6.45) is 5.21. The van der Waals surface area contributed by atoms with E-state index in [0.29, 0.717) is 27.3 Å². The van der Waals surface area contributed by atoms with Gasteiger partial charge in [0.1, 0.15) is 0 Å². The number of thioether (sulfide) groups is 1. The minimum atomic E-state index is -0.107. The summed E-state index contributed by atoms with van der Waals surface area (Å²) in [6.45, 7) is 4.48. The number of amides is 2. The predicted molar refractivity (Wildman–Crippen MR) is 129 cm³/mol. The van der Waals surface area contributed by atoms with E-state index in [4.69, 9.17) is 11.6 Å². The number of nitrogens with zero attached hydrogens (tertiary/aromatic N) is 1. The average Bonchev–Trinajstić information content (AvgIpc) is 2.76. The maximum Gasteiger partial charge on any atom is 0.264 e. The van der Waals surface area contributed by atoms with E-state index in [1.807, 2.05) is 48.5 Å². The summed E-state index contributed by atoms with van der Waals surface area (Å²) >= 11 is 7.67. The zero-order chi connectivity index (χ0) is 22.1. The van der Waals surface area contributed by atoms with Gasteiger partial charge in [-0.25, -0.2) is 0 Å². The Hall–Kier alpha value is -2.24. The summed E-state index contributed by atoms with van der Waals surface area (Å²) in [7, 11) is 1.74. The van der Waals surface area contributed by atoms with E-state index in [9.17, 15) is 9.59 Å². The Morgan fingerprint density at radius 2 is 1.97 bits per heavy atom. The van der Waals surface area contributed by atoms with Gasteiger partial charge in [0.25, 0.3) is 11.8 Å². The van der Waals surface area contributed by atoms with Crippen LogP contribution in [-0.4, -0.2) is 24.9 Å². The highest BCUT2D eigenvalue weighted by Gasteiger charge is 2.30. The molecule has 3 atom stereocenters. The molecule has 4 rings (SSSR count). The molecule has 2 aliphatic rings. The highest BCUT2D eigenvalue weighted by atomic mass is 35.5. The Balaban J connectivity index is 1.56. The summed E-state index contributed by atoms with van der Waals surface area (Å²) in [5.41, 5.74) is 2.15. The maximum atomic E-state index is 13.0. The fraction of sp³-hybridized carbons (Fsp3) is 0.360. The van der Waals surface area contributed by atoms with Crippen LogP contribution >= 0.6 is 23.4 Å². The largest absolute Gasteiger partial charge is 0.349 e. The lowest BCUT2D eigenvalue weighted by Crippen LogP contribution is -2.43. The number of likely N-dealkylation sites (N-methyl/N-ethyl adjacent to an activating group) is 1. The molecule has 2 aromatic rings. The van der Waals surface area contributed by atoms with Gasteiger partial charge in [-0.15, -0.1) is 0 Å². The van der Waals surface area contributed by atoms with E-state index in [2.05, 4.69) is 19.2 Å². The average molecular weight is 455 g/mol. The van der Waals surface area contributed by atoms with Gasteiger partial charge in [-0.3, -0.25) is 9.59 Å². The first kappa shape index (κ1) is 22.0. The molecule has 1 fully saturated rings. The topological polar surface area (TPSA) is 49.4 Å². The molecule has 2 aromatic carbocycles. The van der Waals surface area contributed by atoms with E-state index in [1.165, 1.54) is 18.2 Å². The highest BCUT2D eigenvalue weighted by molar-refractivity contribution is 8.04. The molecule has 0 spiro atoms. The Labute approximate surface area is 193 Å². The zero-order valence-corrected chi connectivity index (χ0v) is 19.6. The van der Waals surface area contributed by atoms with E-state index < -0.39 is 0 Å². The first-order chi connectivity index (χ1) is 14.8. The van der Waals surface area contributed by atoms with Gasteiger partial charge >= 0.3 is 0 Å². The lowest BCUT2D eigenvalue weighted by atomic mass is 9.78. The van der Waals surface area contributed by atoms with Crippen LogP contribution < -0.4 is 10.2 Å². The van der Waals surface area contributed by atoms with Crippen molar-refractivity contribution in [3.8, 4) is 0 Å². The standard InChI is InChI=1S/C25H27ClN2O2S/c1-15-7-6-10-20(16(15)2)27-24(29)18-11-12-22-21(13-18)28(3)25(30)23(31-22)14-17-8-4-5-9-19(17)26/h4-5,8-9,11-16,20H,6-7,10H2,1-3H3,(H,27,29). The van der Waals surface area contributed by atoms with Gasteiger partial charge in [-0.1, -0.05) is 68.3 Å². The van der Waals surface area contributed by atoms with Crippen LogP contribution in [0.25, 0.3) is 6.08 Å². The van der Waals surface area contributed by atoms with Crippen LogP contribution in [-0.2, 0) is 4.79 Å². The van der Waals surface area contributed by atoms with Crippen molar-refractivity contribution in [2.75, 3.05) is 11.9 Å². The summed E-state index contributed by atoms with van der Waals surface area (Å²) in [4.78, 5) is 29.1. The van der Waals surface area contributed by atoms with E-state index >= 15 is 0 Å². The van der Waals surface area contributed by atoms with Crippen LogP contribution in [0.2, 0.25) is 5.02 Å². The molecule has 1 saturated carbocycles.